The van der Waals surface area contributed by atoms with Gasteiger partial charge < -0.3 is 20.5 Å². The third-order valence-electron chi connectivity index (χ3n) is 4.10. The van der Waals surface area contributed by atoms with Crippen molar-refractivity contribution < 1.29 is 14.3 Å². The first-order chi connectivity index (χ1) is 10.2. The summed E-state index contributed by atoms with van der Waals surface area (Å²) in [4.78, 5) is 12.4. The standard InChI is InChI=1S/C16H24N2O3/c1-20-10-11-21-14-6-4-13(5-7-14)18-15(19)16(12-17)8-2-3-9-16/h4-7H,2-3,8-12,17H2,1H3,(H,18,19). The molecule has 116 valence electrons. The molecule has 0 atom stereocenters. The number of rotatable bonds is 7. The molecule has 1 saturated carbocycles. The first kappa shape index (κ1) is 15.8. The number of amides is 1. The zero-order valence-corrected chi connectivity index (χ0v) is 12.6. The fourth-order valence-electron chi connectivity index (χ4n) is 2.72. The van der Waals surface area contributed by atoms with Gasteiger partial charge in [0.1, 0.15) is 12.4 Å². The Balaban J connectivity index is 1.92. The molecule has 0 aromatic heterocycles. The molecule has 0 spiro atoms. The quantitative estimate of drug-likeness (QED) is 0.755. The predicted molar refractivity (Wildman–Crippen MR) is 82.4 cm³/mol. The number of carbonyl (C=O) groups excluding carboxylic acids is 1. The minimum Gasteiger partial charge on any atom is -0.491 e. The van der Waals surface area contributed by atoms with Gasteiger partial charge in [-0.15, -0.1) is 0 Å². The molecule has 1 amide bonds. The summed E-state index contributed by atoms with van der Waals surface area (Å²) in [7, 11) is 1.64. The minimum atomic E-state index is -0.381. The van der Waals surface area contributed by atoms with Crippen LogP contribution in [0.4, 0.5) is 5.69 Å². The molecule has 0 aliphatic heterocycles. The molecule has 5 heteroatoms. The van der Waals surface area contributed by atoms with Crippen molar-refractivity contribution in [2.75, 3.05) is 32.2 Å². The van der Waals surface area contributed by atoms with Crippen LogP contribution in [0.2, 0.25) is 0 Å². The Hall–Kier alpha value is -1.59. The van der Waals surface area contributed by atoms with Crippen LogP contribution in [0.15, 0.2) is 24.3 Å². The summed E-state index contributed by atoms with van der Waals surface area (Å²) in [6.45, 7) is 1.48. The van der Waals surface area contributed by atoms with Crippen molar-refractivity contribution in [1.29, 1.82) is 0 Å². The van der Waals surface area contributed by atoms with Gasteiger partial charge >= 0.3 is 0 Å². The fraction of sp³-hybridized carbons (Fsp3) is 0.562. The van der Waals surface area contributed by atoms with Crippen LogP contribution < -0.4 is 15.8 Å². The van der Waals surface area contributed by atoms with Crippen molar-refractivity contribution in [3.8, 4) is 5.75 Å². The number of benzene rings is 1. The summed E-state index contributed by atoms with van der Waals surface area (Å²) in [6, 6.07) is 7.38. The number of nitrogens with one attached hydrogen (secondary N) is 1. The SMILES string of the molecule is COCCOc1ccc(NC(=O)C2(CN)CCCC2)cc1. The molecule has 0 heterocycles. The first-order valence-corrected chi connectivity index (χ1v) is 7.43. The van der Waals surface area contributed by atoms with Gasteiger partial charge in [0, 0.05) is 19.3 Å². The number of hydrogen-bond acceptors (Lipinski definition) is 4. The maximum absolute atomic E-state index is 12.4. The van der Waals surface area contributed by atoms with E-state index in [-0.39, 0.29) is 11.3 Å². The zero-order valence-electron chi connectivity index (χ0n) is 12.6. The van der Waals surface area contributed by atoms with Crippen LogP contribution in [-0.4, -0.2) is 32.8 Å². The molecule has 1 aromatic rings. The summed E-state index contributed by atoms with van der Waals surface area (Å²) in [5.41, 5.74) is 6.22. The molecule has 21 heavy (non-hydrogen) atoms. The molecule has 1 fully saturated rings. The summed E-state index contributed by atoms with van der Waals surface area (Å²) in [5, 5.41) is 2.97. The maximum Gasteiger partial charge on any atom is 0.231 e. The van der Waals surface area contributed by atoms with Gasteiger partial charge in [-0.3, -0.25) is 4.79 Å². The lowest BCUT2D eigenvalue weighted by molar-refractivity contribution is -0.124. The Morgan fingerprint density at radius 1 is 1.24 bits per heavy atom. The van der Waals surface area contributed by atoms with Gasteiger partial charge in [-0.25, -0.2) is 0 Å². The molecule has 1 aliphatic rings. The van der Waals surface area contributed by atoms with E-state index in [1.807, 2.05) is 24.3 Å². The molecule has 1 aromatic carbocycles. The smallest absolute Gasteiger partial charge is 0.231 e. The second kappa shape index (κ2) is 7.43. The van der Waals surface area contributed by atoms with Crippen LogP contribution >= 0.6 is 0 Å². The maximum atomic E-state index is 12.4. The zero-order chi connectivity index (χ0) is 15.1. The van der Waals surface area contributed by atoms with E-state index in [4.69, 9.17) is 15.2 Å². The molecule has 3 N–H and O–H groups in total. The Labute approximate surface area is 125 Å². The highest BCUT2D eigenvalue weighted by Crippen LogP contribution is 2.38. The van der Waals surface area contributed by atoms with Crippen LogP contribution in [0.5, 0.6) is 5.75 Å². The largest absolute Gasteiger partial charge is 0.491 e. The topological polar surface area (TPSA) is 73.6 Å². The third-order valence-corrected chi connectivity index (χ3v) is 4.10. The van der Waals surface area contributed by atoms with Gasteiger partial charge in [0.15, 0.2) is 0 Å². The van der Waals surface area contributed by atoms with Crippen molar-refractivity contribution in [2.45, 2.75) is 25.7 Å². The summed E-state index contributed by atoms with van der Waals surface area (Å²) < 4.78 is 10.4. The Bertz CT molecular complexity index is 453. The van der Waals surface area contributed by atoms with Gasteiger partial charge in [-0.1, -0.05) is 12.8 Å². The number of carbonyl (C=O) groups is 1. The lowest BCUT2D eigenvalue weighted by Crippen LogP contribution is -2.40. The summed E-state index contributed by atoms with van der Waals surface area (Å²) in [5.74, 6) is 0.801. The Kier molecular flexibility index (Phi) is 5.59. The lowest BCUT2D eigenvalue weighted by atomic mass is 9.85. The molecule has 0 radical (unpaired) electrons. The lowest BCUT2D eigenvalue weighted by Gasteiger charge is -2.25. The average Bonchev–Trinajstić information content (AvgIpc) is 2.99. The number of ether oxygens (including phenoxy) is 2. The van der Waals surface area contributed by atoms with E-state index in [0.29, 0.717) is 19.8 Å². The van der Waals surface area contributed by atoms with Gasteiger partial charge in [0.05, 0.1) is 12.0 Å². The van der Waals surface area contributed by atoms with E-state index >= 15 is 0 Å². The van der Waals surface area contributed by atoms with Crippen LogP contribution in [0.25, 0.3) is 0 Å². The highest BCUT2D eigenvalue weighted by molar-refractivity contribution is 5.95. The molecule has 0 saturated heterocycles. The second-order valence-corrected chi connectivity index (χ2v) is 5.51. The van der Waals surface area contributed by atoms with E-state index in [9.17, 15) is 4.79 Å². The molecular weight excluding hydrogens is 268 g/mol. The average molecular weight is 292 g/mol. The molecule has 2 rings (SSSR count). The Morgan fingerprint density at radius 3 is 2.48 bits per heavy atom. The number of methoxy groups -OCH3 is 1. The highest BCUT2D eigenvalue weighted by Gasteiger charge is 2.39. The number of nitrogens with two attached hydrogens (primary N) is 1. The normalized spacial score (nSPS) is 16.7. The van der Waals surface area contributed by atoms with E-state index in [0.717, 1.165) is 37.1 Å². The van der Waals surface area contributed by atoms with Crippen molar-refractivity contribution in [3.63, 3.8) is 0 Å². The van der Waals surface area contributed by atoms with E-state index in [1.54, 1.807) is 7.11 Å². The minimum absolute atomic E-state index is 0.0375. The fourth-order valence-corrected chi connectivity index (χ4v) is 2.72. The molecule has 1 aliphatic carbocycles. The highest BCUT2D eigenvalue weighted by atomic mass is 16.5. The molecule has 5 nitrogen and oxygen atoms in total. The number of anilines is 1. The second-order valence-electron chi connectivity index (χ2n) is 5.51. The number of hydrogen-bond donors (Lipinski definition) is 2. The van der Waals surface area contributed by atoms with E-state index in [2.05, 4.69) is 5.32 Å². The van der Waals surface area contributed by atoms with Crippen LogP contribution in [-0.2, 0) is 9.53 Å². The summed E-state index contributed by atoms with van der Waals surface area (Å²) >= 11 is 0. The summed E-state index contributed by atoms with van der Waals surface area (Å²) in [6.07, 6.45) is 3.93. The van der Waals surface area contributed by atoms with Crippen LogP contribution in [0.3, 0.4) is 0 Å². The molecular formula is C16H24N2O3. The van der Waals surface area contributed by atoms with Gasteiger partial charge in [0.2, 0.25) is 5.91 Å². The molecule has 0 bridgehead atoms. The van der Waals surface area contributed by atoms with Crippen molar-refractivity contribution >= 4 is 11.6 Å². The van der Waals surface area contributed by atoms with Gasteiger partial charge in [-0.05, 0) is 37.1 Å². The van der Waals surface area contributed by atoms with Crippen LogP contribution in [0, 0.1) is 5.41 Å². The van der Waals surface area contributed by atoms with Crippen molar-refractivity contribution in [1.82, 2.24) is 0 Å². The predicted octanol–water partition coefficient (Wildman–Crippen LogP) is 2.17. The van der Waals surface area contributed by atoms with Crippen molar-refractivity contribution in [2.24, 2.45) is 11.1 Å². The Morgan fingerprint density at radius 2 is 1.90 bits per heavy atom. The van der Waals surface area contributed by atoms with E-state index in [1.165, 1.54) is 0 Å². The first-order valence-electron chi connectivity index (χ1n) is 7.43. The van der Waals surface area contributed by atoms with Crippen LogP contribution in [0.1, 0.15) is 25.7 Å². The monoisotopic (exact) mass is 292 g/mol. The van der Waals surface area contributed by atoms with Gasteiger partial charge in [0.25, 0.3) is 0 Å². The van der Waals surface area contributed by atoms with Gasteiger partial charge in [-0.2, -0.15) is 0 Å². The van der Waals surface area contributed by atoms with Crippen molar-refractivity contribution in [3.05, 3.63) is 24.3 Å². The third kappa shape index (κ3) is 3.95. The van der Waals surface area contributed by atoms with E-state index < -0.39 is 0 Å². The molecule has 0 unspecified atom stereocenters.